The van der Waals surface area contributed by atoms with Gasteiger partial charge in [0.25, 0.3) is 0 Å². The molecule has 5 heteroatoms. The molecule has 0 aliphatic carbocycles. The lowest BCUT2D eigenvalue weighted by molar-refractivity contribution is 0.153. The molecule has 0 saturated carbocycles. The highest BCUT2D eigenvalue weighted by Crippen LogP contribution is 2.27. The van der Waals surface area contributed by atoms with Crippen molar-refractivity contribution in [3.8, 4) is 0 Å². The summed E-state index contributed by atoms with van der Waals surface area (Å²) in [7, 11) is 1.90. The molecule has 2 rings (SSSR count). The Kier molecular flexibility index (Phi) is 4.35. The third kappa shape index (κ3) is 2.90. The molecule has 0 amide bonds. The first-order chi connectivity index (χ1) is 8.61. The van der Waals surface area contributed by atoms with Gasteiger partial charge in [0.1, 0.15) is 0 Å². The van der Waals surface area contributed by atoms with Gasteiger partial charge in [-0.2, -0.15) is 4.98 Å². The summed E-state index contributed by atoms with van der Waals surface area (Å²) in [6.45, 7) is 8.74. The molecular formula is C13H24N4O. The smallest absolute Gasteiger partial charge is 0.231 e. The molecule has 0 bridgehead atoms. The van der Waals surface area contributed by atoms with E-state index in [4.69, 9.17) is 4.52 Å². The normalized spacial score (nSPS) is 23.5. The zero-order chi connectivity index (χ0) is 13.1. The second-order valence-corrected chi connectivity index (χ2v) is 5.43. The summed E-state index contributed by atoms with van der Waals surface area (Å²) >= 11 is 0. The highest BCUT2D eigenvalue weighted by atomic mass is 16.5. The van der Waals surface area contributed by atoms with Crippen LogP contribution in [0.5, 0.6) is 0 Å². The molecule has 0 radical (unpaired) electrons. The minimum absolute atomic E-state index is 0.146. The third-order valence-electron chi connectivity index (χ3n) is 3.81. The molecule has 102 valence electrons. The van der Waals surface area contributed by atoms with Gasteiger partial charge < -0.3 is 14.7 Å². The van der Waals surface area contributed by atoms with E-state index < -0.39 is 0 Å². The van der Waals surface area contributed by atoms with Crippen molar-refractivity contribution in [1.82, 2.24) is 20.4 Å². The van der Waals surface area contributed by atoms with E-state index in [-0.39, 0.29) is 6.04 Å². The highest BCUT2D eigenvalue weighted by molar-refractivity contribution is 4.99. The van der Waals surface area contributed by atoms with E-state index in [1.54, 1.807) is 0 Å². The lowest BCUT2D eigenvalue weighted by atomic mass is 9.97. The minimum atomic E-state index is 0.146. The maximum absolute atomic E-state index is 5.43. The molecule has 1 aromatic rings. The number of rotatable bonds is 4. The van der Waals surface area contributed by atoms with Crippen molar-refractivity contribution in [3.05, 3.63) is 11.7 Å². The van der Waals surface area contributed by atoms with Crippen LogP contribution in [0.25, 0.3) is 0 Å². The summed E-state index contributed by atoms with van der Waals surface area (Å²) in [5.41, 5.74) is 0. The fraction of sp³-hybridized carbons (Fsp3) is 0.846. The minimum Gasteiger partial charge on any atom is -0.339 e. The Morgan fingerprint density at radius 3 is 2.83 bits per heavy atom. The second kappa shape index (κ2) is 5.80. The van der Waals surface area contributed by atoms with Gasteiger partial charge >= 0.3 is 0 Å². The predicted octanol–water partition coefficient (Wildman–Crippen LogP) is 1.94. The van der Waals surface area contributed by atoms with E-state index in [1.165, 1.54) is 13.0 Å². The Labute approximate surface area is 109 Å². The van der Waals surface area contributed by atoms with Crippen LogP contribution in [0.3, 0.4) is 0 Å². The number of hydrogen-bond acceptors (Lipinski definition) is 5. The van der Waals surface area contributed by atoms with Gasteiger partial charge in [-0.05, 0) is 47.2 Å². The van der Waals surface area contributed by atoms with Crippen molar-refractivity contribution < 1.29 is 4.52 Å². The van der Waals surface area contributed by atoms with Crippen LogP contribution in [-0.2, 0) is 0 Å². The van der Waals surface area contributed by atoms with Crippen molar-refractivity contribution in [2.24, 2.45) is 0 Å². The first-order valence-corrected chi connectivity index (χ1v) is 6.86. The average molecular weight is 252 g/mol. The fourth-order valence-corrected chi connectivity index (χ4v) is 2.40. The maximum atomic E-state index is 5.43. The van der Waals surface area contributed by atoms with Gasteiger partial charge in [-0.1, -0.05) is 5.16 Å². The molecule has 1 aromatic heterocycles. The van der Waals surface area contributed by atoms with Crippen molar-refractivity contribution in [3.63, 3.8) is 0 Å². The van der Waals surface area contributed by atoms with Crippen molar-refractivity contribution >= 4 is 0 Å². The number of piperidine rings is 1. The van der Waals surface area contributed by atoms with E-state index in [0.29, 0.717) is 12.0 Å². The van der Waals surface area contributed by atoms with Gasteiger partial charge in [-0.15, -0.1) is 0 Å². The molecule has 1 aliphatic rings. The molecule has 1 N–H and O–H groups in total. The third-order valence-corrected chi connectivity index (χ3v) is 3.81. The fourth-order valence-electron chi connectivity index (χ4n) is 2.40. The summed E-state index contributed by atoms with van der Waals surface area (Å²) in [6, 6.07) is 0.735. The Balaban J connectivity index is 2.04. The SMILES string of the molecule is CNC(C)c1noc(C2CCCN(C(C)C)C2)n1. The van der Waals surface area contributed by atoms with Crippen LogP contribution in [0, 0.1) is 0 Å². The quantitative estimate of drug-likeness (QED) is 0.887. The van der Waals surface area contributed by atoms with Crippen molar-refractivity contribution in [2.45, 2.75) is 51.6 Å². The first kappa shape index (κ1) is 13.5. The van der Waals surface area contributed by atoms with Crippen LogP contribution in [0.15, 0.2) is 4.52 Å². The Hall–Kier alpha value is -0.940. The second-order valence-electron chi connectivity index (χ2n) is 5.43. The van der Waals surface area contributed by atoms with E-state index in [2.05, 4.69) is 34.2 Å². The van der Waals surface area contributed by atoms with Gasteiger partial charge in [-0.25, -0.2) is 0 Å². The number of hydrogen-bond donors (Lipinski definition) is 1. The van der Waals surface area contributed by atoms with E-state index in [9.17, 15) is 0 Å². The van der Waals surface area contributed by atoms with Gasteiger partial charge in [0.15, 0.2) is 5.82 Å². The standard InChI is InChI=1S/C13H24N4O/c1-9(2)17-7-5-6-11(8-17)13-15-12(16-18-13)10(3)14-4/h9-11,14H,5-8H2,1-4H3. The van der Waals surface area contributed by atoms with Crippen molar-refractivity contribution in [1.29, 1.82) is 0 Å². The molecule has 1 aliphatic heterocycles. The van der Waals surface area contributed by atoms with Crippen LogP contribution in [0.1, 0.15) is 57.3 Å². The van der Waals surface area contributed by atoms with Crippen molar-refractivity contribution in [2.75, 3.05) is 20.1 Å². The number of nitrogens with one attached hydrogen (secondary N) is 1. The largest absolute Gasteiger partial charge is 0.339 e. The lowest BCUT2D eigenvalue weighted by Crippen LogP contribution is -2.39. The molecule has 1 fully saturated rings. The summed E-state index contributed by atoms with van der Waals surface area (Å²) in [4.78, 5) is 7.02. The van der Waals surface area contributed by atoms with E-state index in [0.717, 1.165) is 24.7 Å². The van der Waals surface area contributed by atoms with Crippen LogP contribution in [0.4, 0.5) is 0 Å². The summed E-state index contributed by atoms with van der Waals surface area (Å²) < 4.78 is 5.43. The monoisotopic (exact) mass is 252 g/mol. The Bertz CT molecular complexity index is 377. The molecule has 5 nitrogen and oxygen atoms in total. The van der Waals surface area contributed by atoms with Crippen LogP contribution < -0.4 is 5.32 Å². The van der Waals surface area contributed by atoms with Crippen LogP contribution >= 0.6 is 0 Å². The molecule has 2 atom stereocenters. The van der Waals surface area contributed by atoms with E-state index in [1.807, 2.05) is 14.0 Å². The zero-order valence-corrected chi connectivity index (χ0v) is 11.8. The zero-order valence-electron chi connectivity index (χ0n) is 11.8. The molecule has 2 unspecified atom stereocenters. The number of aromatic nitrogens is 2. The lowest BCUT2D eigenvalue weighted by Gasteiger charge is -2.33. The van der Waals surface area contributed by atoms with Gasteiger partial charge in [0.2, 0.25) is 5.89 Å². The summed E-state index contributed by atoms with van der Waals surface area (Å²) in [6.07, 6.45) is 2.36. The highest BCUT2D eigenvalue weighted by Gasteiger charge is 2.27. The van der Waals surface area contributed by atoms with Crippen LogP contribution in [0.2, 0.25) is 0 Å². The summed E-state index contributed by atoms with van der Waals surface area (Å²) in [5.74, 6) is 1.96. The Morgan fingerprint density at radius 2 is 2.17 bits per heavy atom. The molecule has 0 spiro atoms. The van der Waals surface area contributed by atoms with Gasteiger partial charge in [-0.3, -0.25) is 0 Å². The number of nitrogens with zero attached hydrogens (tertiary/aromatic N) is 3. The van der Waals surface area contributed by atoms with Gasteiger partial charge in [0.05, 0.1) is 12.0 Å². The molecule has 0 aromatic carbocycles. The summed E-state index contributed by atoms with van der Waals surface area (Å²) in [5, 5.41) is 7.19. The number of likely N-dealkylation sites (tertiary alicyclic amines) is 1. The molecule has 1 saturated heterocycles. The first-order valence-electron chi connectivity index (χ1n) is 6.86. The van der Waals surface area contributed by atoms with E-state index >= 15 is 0 Å². The van der Waals surface area contributed by atoms with Crippen LogP contribution in [-0.4, -0.2) is 41.2 Å². The Morgan fingerprint density at radius 1 is 1.39 bits per heavy atom. The predicted molar refractivity (Wildman–Crippen MR) is 70.5 cm³/mol. The molecular weight excluding hydrogens is 228 g/mol. The maximum Gasteiger partial charge on any atom is 0.231 e. The average Bonchev–Trinajstić information content (AvgIpc) is 2.87. The molecule has 2 heterocycles. The van der Waals surface area contributed by atoms with Gasteiger partial charge in [0, 0.05) is 12.6 Å². The topological polar surface area (TPSA) is 54.2 Å². The molecule has 18 heavy (non-hydrogen) atoms.